The maximum Gasteiger partial charge on any atom is 0.248 e. The van der Waals surface area contributed by atoms with Crippen molar-refractivity contribution in [3.63, 3.8) is 0 Å². The first-order chi connectivity index (χ1) is 11.7. The highest BCUT2D eigenvalue weighted by atomic mass is 35.5. The Bertz CT molecular complexity index is 834. The van der Waals surface area contributed by atoms with E-state index < -0.39 is 16.1 Å². The summed E-state index contributed by atoms with van der Waals surface area (Å²) in [6.45, 7) is 3.72. The molecule has 25 heavy (non-hydrogen) atoms. The summed E-state index contributed by atoms with van der Waals surface area (Å²) in [5.41, 5.74) is 2.10. The quantitative estimate of drug-likeness (QED) is 0.828. The second-order valence-corrected chi connectivity index (χ2v) is 8.11. The van der Waals surface area contributed by atoms with Crippen molar-refractivity contribution in [1.29, 1.82) is 0 Å². The van der Waals surface area contributed by atoms with E-state index in [2.05, 4.69) is 5.32 Å². The average Bonchev–Trinajstić information content (AvgIpc) is 2.54. The molecule has 0 aliphatic heterocycles. The number of anilines is 2. The van der Waals surface area contributed by atoms with Crippen LogP contribution in [0.1, 0.15) is 18.9 Å². The number of amides is 1. The van der Waals surface area contributed by atoms with Crippen LogP contribution in [0.5, 0.6) is 0 Å². The third-order valence-corrected chi connectivity index (χ3v) is 5.16. The van der Waals surface area contributed by atoms with Crippen molar-refractivity contribution in [2.75, 3.05) is 15.9 Å². The van der Waals surface area contributed by atoms with Gasteiger partial charge in [0.25, 0.3) is 0 Å². The van der Waals surface area contributed by atoms with Gasteiger partial charge in [0.2, 0.25) is 15.9 Å². The Hall–Kier alpha value is -2.05. The number of carbonyl (C=O) groups excluding carboxylic acids is 1. The van der Waals surface area contributed by atoms with E-state index in [9.17, 15) is 13.2 Å². The molecule has 0 aliphatic rings. The summed E-state index contributed by atoms with van der Waals surface area (Å²) in [7, 11) is -3.66. The van der Waals surface area contributed by atoms with E-state index in [4.69, 9.17) is 11.6 Å². The Labute approximate surface area is 153 Å². The van der Waals surface area contributed by atoms with Gasteiger partial charge in [-0.2, -0.15) is 0 Å². The lowest BCUT2D eigenvalue weighted by atomic mass is 10.1. The minimum absolute atomic E-state index is 0.327. The second kappa shape index (κ2) is 7.89. The van der Waals surface area contributed by atoms with Crippen LogP contribution in [0.4, 0.5) is 11.4 Å². The summed E-state index contributed by atoms with van der Waals surface area (Å²) >= 11 is 5.88. The molecule has 7 heteroatoms. The third kappa shape index (κ3) is 4.96. The topological polar surface area (TPSA) is 66.5 Å². The smallest absolute Gasteiger partial charge is 0.248 e. The van der Waals surface area contributed by atoms with Gasteiger partial charge in [-0.25, -0.2) is 8.42 Å². The minimum atomic E-state index is -3.66. The molecule has 2 rings (SSSR count). The van der Waals surface area contributed by atoms with Crippen LogP contribution in [0.15, 0.2) is 48.5 Å². The zero-order valence-corrected chi connectivity index (χ0v) is 15.9. The monoisotopic (exact) mass is 380 g/mol. The lowest BCUT2D eigenvalue weighted by Gasteiger charge is -2.30. The molecule has 0 heterocycles. The highest BCUT2D eigenvalue weighted by molar-refractivity contribution is 7.92. The van der Waals surface area contributed by atoms with Gasteiger partial charge in [-0.15, -0.1) is 0 Å². The molecule has 5 nitrogen and oxygen atoms in total. The molecule has 1 amide bonds. The molecular formula is C18H21ClN2O3S. The van der Waals surface area contributed by atoms with Crippen LogP contribution in [0.3, 0.4) is 0 Å². The van der Waals surface area contributed by atoms with Crippen molar-refractivity contribution in [3.05, 3.63) is 59.1 Å². The van der Waals surface area contributed by atoms with E-state index in [0.29, 0.717) is 22.8 Å². The molecule has 0 radical (unpaired) electrons. The van der Waals surface area contributed by atoms with Crippen LogP contribution in [-0.4, -0.2) is 26.6 Å². The van der Waals surface area contributed by atoms with Crippen molar-refractivity contribution >= 4 is 38.9 Å². The predicted octanol–water partition coefficient (Wildman–Crippen LogP) is 3.83. The van der Waals surface area contributed by atoms with E-state index >= 15 is 0 Å². The minimum Gasteiger partial charge on any atom is -0.324 e. The summed E-state index contributed by atoms with van der Waals surface area (Å²) in [5.74, 6) is -0.383. The SMILES string of the molecule is CC[C@@H](C(=O)Nc1ccc(C)cc1)N(c1ccc(Cl)cc1)S(C)(=O)=O. The van der Waals surface area contributed by atoms with Gasteiger partial charge in [0, 0.05) is 10.7 Å². The number of rotatable bonds is 6. The van der Waals surface area contributed by atoms with Gasteiger partial charge in [0.15, 0.2) is 0 Å². The number of sulfonamides is 1. The molecular weight excluding hydrogens is 360 g/mol. The molecule has 0 bridgehead atoms. The Morgan fingerprint density at radius 2 is 1.68 bits per heavy atom. The van der Waals surface area contributed by atoms with E-state index in [0.717, 1.165) is 16.1 Å². The number of halogens is 1. The number of hydrogen-bond acceptors (Lipinski definition) is 3. The van der Waals surface area contributed by atoms with Crippen LogP contribution in [0.25, 0.3) is 0 Å². The Morgan fingerprint density at radius 1 is 1.12 bits per heavy atom. The molecule has 134 valence electrons. The molecule has 0 fully saturated rings. The van der Waals surface area contributed by atoms with Gasteiger partial charge in [-0.05, 0) is 49.7 Å². The van der Waals surface area contributed by atoms with Gasteiger partial charge < -0.3 is 5.32 Å². The summed E-state index contributed by atoms with van der Waals surface area (Å²) in [6, 6.07) is 12.8. The summed E-state index contributed by atoms with van der Waals surface area (Å²) in [6.07, 6.45) is 1.41. The number of hydrogen-bond donors (Lipinski definition) is 1. The van der Waals surface area contributed by atoms with E-state index in [1.54, 1.807) is 43.3 Å². The average molecular weight is 381 g/mol. The number of nitrogens with zero attached hydrogens (tertiary/aromatic N) is 1. The first-order valence-corrected chi connectivity index (χ1v) is 10.1. The van der Waals surface area contributed by atoms with Crippen LogP contribution in [-0.2, 0) is 14.8 Å². The first kappa shape index (κ1) is 19.3. The number of nitrogens with one attached hydrogen (secondary N) is 1. The molecule has 0 saturated heterocycles. The largest absolute Gasteiger partial charge is 0.324 e. The second-order valence-electron chi connectivity index (χ2n) is 5.81. The Kier molecular flexibility index (Phi) is 6.08. The van der Waals surface area contributed by atoms with Gasteiger partial charge >= 0.3 is 0 Å². The highest BCUT2D eigenvalue weighted by Gasteiger charge is 2.31. The molecule has 0 unspecified atom stereocenters. The fourth-order valence-electron chi connectivity index (χ4n) is 2.51. The molecule has 0 saturated carbocycles. The van der Waals surface area contributed by atoms with Crippen LogP contribution in [0, 0.1) is 6.92 Å². The van der Waals surface area contributed by atoms with E-state index in [-0.39, 0.29) is 5.91 Å². The normalized spacial score (nSPS) is 12.5. The van der Waals surface area contributed by atoms with Gasteiger partial charge in [-0.3, -0.25) is 9.10 Å². The van der Waals surface area contributed by atoms with Crippen molar-refractivity contribution < 1.29 is 13.2 Å². The lowest BCUT2D eigenvalue weighted by molar-refractivity contribution is -0.117. The number of benzene rings is 2. The molecule has 1 atom stereocenters. The summed E-state index contributed by atoms with van der Waals surface area (Å²) in [5, 5.41) is 3.28. The maximum absolute atomic E-state index is 12.7. The summed E-state index contributed by atoms with van der Waals surface area (Å²) in [4.78, 5) is 12.7. The van der Waals surface area contributed by atoms with Crippen LogP contribution < -0.4 is 9.62 Å². The van der Waals surface area contributed by atoms with Crippen LogP contribution in [0.2, 0.25) is 5.02 Å². The van der Waals surface area contributed by atoms with Crippen molar-refractivity contribution in [3.8, 4) is 0 Å². The van der Waals surface area contributed by atoms with Crippen molar-refractivity contribution in [1.82, 2.24) is 0 Å². The van der Waals surface area contributed by atoms with E-state index in [1.165, 1.54) is 0 Å². The fourth-order valence-corrected chi connectivity index (χ4v) is 3.85. The Balaban J connectivity index is 2.34. The standard InChI is InChI=1S/C18H21ClN2O3S/c1-4-17(18(22)20-15-9-5-13(2)6-10-15)21(25(3,23)24)16-11-7-14(19)8-12-16/h5-12,17H,4H2,1-3H3,(H,20,22)/t17-/m0/s1. The zero-order chi connectivity index (χ0) is 18.6. The fraction of sp³-hybridized carbons (Fsp3) is 0.278. The molecule has 0 aliphatic carbocycles. The number of carbonyl (C=O) groups is 1. The lowest BCUT2D eigenvalue weighted by Crippen LogP contribution is -2.46. The van der Waals surface area contributed by atoms with Crippen LogP contribution >= 0.6 is 11.6 Å². The zero-order valence-electron chi connectivity index (χ0n) is 14.4. The Morgan fingerprint density at radius 3 is 2.16 bits per heavy atom. The molecule has 0 aromatic heterocycles. The van der Waals surface area contributed by atoms with Gasteiger partial charge in [0.05, 0.1) is 11.9 Å². The first-order valence-electron chi connectivity index (χ1n) is 7.85. The maximum atomic E-state index is 12.7. The van der Waals surface area contributed by atoms with E-state index in [1.807, 2.05) is 19.1 Å². The van der Waals surface area contributed by atoms with Gasteiger partial charge in [-0.1, -0.05) is 36.2 Å². The van der Waals surface area contributed by atoms with Crippen molar-refractivity contribution in [2.45, 2.75) is 26.3 Å². The predicted molar refractivity (Wildman–Crippen MR) is 103 cm³/mol. The molecule has 1 N–H and O–H groups in total. The van der Waals surface area contributed by atoms with Gasteiger partial charge in [0.1, 0.15) is 6.04 Å². The third-order valence-electron chi connectivity index (χ3n) is 3.73. The molecule has 0 spiro atoms. The highest BCUT2D eigenvalue weighted by Crippen LogP contribution is 2.25. The molecule has 2 aromatic carbocycles. The summed E-state index contributed by atoms with van der Waals surface area (Å²) < 4.78 is 25.8. The molecule has 2 aromatic rings. The van der Waals surface area contributed by atoms with Crippen molar-refractivity contribution in [2.24, 2.45) is 0 Å². The number of aryl methyl sites for hydroxylation is 1.